The molecule has 3 heteroatoms. The molecular formula is C18H28N2O. The molecule has 3 nitrogen and oxygen atoms in total. The standard InChI is InChI=1S/C18H28N2O/c1-20-12-13(11-19)8-17(20)16-9-14-6-4-3-5-7-15(14)10-18(16)21-2/h9-10,13,17H,3-8,11-12,19H2,1-2H3. The summed E-state index contributed by atoms with van der Waals surface area (Å²) in [5.74, 6) is 1.69. The summed E-state index contributed by atoms with van der Waals surface area (Å²) in [4.78, 5) is 2.44. The topological polar surface area (TPSA) is 38.5 Å². The van der Waals surface area contributed by atoms with Crippen LogP contribution >= 0.6 is 0 Å². The first-order valence-corrected chi connectivity index (χ1v) is 8.33. The molecular weight excluding hydrogens is 260 g/mol. The van der Waals surface area contributed by atoms with Crippen molar-refractivity contribution in [3.8, 4) is 5.75 Å². The summed E-state index contributed by atoms with van der Waals surface area (Å²) in [5.41, 5.74) is 10.3. The van der Waals surface area contributed by atoms with Crippen molar-refractivity contribution in [2.75, 3.05) is 27.2 Å². The molecule has 116 valence electrons. The molecule has 3 rings (SSSR count). The van der Waals surface area contributed by atoms with Gasteiger partial charge < -0.3 is 10.5 Å². The number of aryl methyl sites for hydroxylation is 2. The Labute approximate surface area is 128 Å². The van der Waals surface area contributed by atoms with Crippen LogP contribution in [0.1, 0.15) is 48.4 Å². The fourth-order valence-corrected chi connectivity index (χ4v) is 4.04. The van der Waals surface area contributed by atoms with Crippen LogP contribution in [0, 0.1) is 5.92 Å². The molecule has 1 fully saturated rings. The first kappa shape index (κ1) is 14.9. The average molecular weight is 288 g/mol. The fourth-order valence-electron chi connectivity index (χ4n) is 4.04. The van der Waals surface area contributed by atoms with E-state index in [2.05, 4.69) is 24.1 Å². The highest BCUT2D eigenvalue weighted by atomic mass is 16.5. The third kappa shape index (κ3) is 2.95. The molecule has 0 spiro atoms. The maximum Gasteiger partial charge on any atom is 0.123 e. The van der Waals surface area contributed by atoms with Crippen molar-refractivity contribution in [1.29, 1.82) is 0 Å². The lowest BCUT2D eigenvalue weighted by Gasteiger charge is -2.23. The molecule has 1 aliphatic carbocycles. The van der Waals surface area contributed by atoms with E-state index in [4.69, 9.17) is 10.5 Å². The quantitative estimate of drug-likeness (QED) is 0.869. The van der Waals surface area contributed by atoms with Crippen molar-refractivity contribution in [2.24, 2.45) is 11.7 Å². The molecule has 0 saturated carbocycles. The largest absolute Gasteiger partial charge is 0.496 e. The smallest absolute Gasteiger partial charge is 0.123 e. The molecule has 1 aromatic carbocycles. The Bertz CT molecular complexity index is 500. The lowest BCUT2D eigenvalue weighted by Crippen LogP contribution is -2.21. The second-order valence-electron chi connectivity index (χ2n) is 6.72. The Balaban J connectivity index is 1.95. The van der Waals surface area contributed by atoms with Gasteiger partial charge in [-0.2, -0.15) is 0 Å². The van der Waals surface area contributed by atoms with Gasteiger partial charge in [-0.25, -0.2) is 0 Å². The number of nitrogens with two attached hydrogens (primary N) is 1. The molecule has 0 amide bonds. The van der Waals surface area contributed by atoms with Gasteiger partial charge in [-0.05, 0) is 68.8 Å². The average Bonchev–Trinajstić information content (AvgIpc) is 2.73. The maximum atomic E-state index is 5.88. The third-order valence-corrected chi connectivity index (χ3v) is 5.27. The molecule has 1 aliphatic heterocycles. The van der Waals surface area contributed by atoms with Crippen LogP contribution in [-0.4, -0.2) is 32.1 Å². The molecule has 0 radical (unpaired) electrons. The number of methoxy groups -OCH3 is 1. The number of hydrogen-bond donors (Lipinski definition) is 1. The number of fused-ring (bicyclic) bond motifs is 1. The molecule has 1 saturated heterocycles. The highest BCUT2D eigenvalue weighted by Crippen LogP contribution is 2.40. The molecule has 1 heterocycles. The Morgan fingerprint density at radius 1 is 1.19 bits per heavy atom. The van der Waals surface area contributed by atoms with E-state index in [0.717, 1.165) is 25.3 Å². The summed E-state index contributed by atoms with van der Waals surface area (Å²) in [7, 11) is 4.02. The molecule has 0 bridgehead atoms. The number of nitrogens with zero attached hydrogens (tertiary/aromatic N) is 1. The van der Waals surface area contributed by atoms with E-state index in [0.29, 0.717) is 12.0 Å². The Kier molecular flexibility index (Phi) is 4.51. The van der Waals surface area contributed by atoms with Crippen LogP contribution in [0.25, 0.3) is 0 Å². The summed E-state index contributed by atoms with van der Waals surface area (Å²) in [6.07, 6.45) is 7.58. The van der Waals surface area contributed by atoms with Gasteiger partial charge in [-0.1, -0.05) is 12.5 Å². The van der Waals surface area contributed by atoms with Crippen LogP contribution in [0.2, 0.25) is 0 Å². The van der Waals surface area contributed by atoms with Gasteiger partial charge in [0.2, 0.25) is 0 Å². The highest BCUT2D eigenvalue weighted by Gasteiger charge is 2.32. The van der Waals surface area contributed by atoms with Crippen molar-refractivity contribution in [1.82, 2.24) is 4.90 Å². The van der Waals surface area contributed by atoms with Gasteiger partial charge in [0.15, 0.2) is 0 Å². The molecule has 2 aliphatic rings. The predicted octanol–water partition coefficient (Wildman–Crippen LogP) is 2.92. The number of rotatable bonds is 3. The molecule has 21 heavy (non-hydrogen) atoms. The van der Waals surface area contributed by atoms with Crippen LogP contribution in [0.3, 0.4) is 0 Å². The first-order chi connectivity index (χ1) is 10.2. The highest BCUT2D eigenvalue weighted by molar-refractivity contribution is 5.45. The summed E-state index contributed by atoms with van der Waals surface area (Å²) >= 11 is 0. The van der Waals surface area contributed by atoms with Crippen molar-refractivity contribution >= 4 is 0 Å². The van der Waals surface area contributed by atoms with Crippen molar-refractivity contribution in [2.45, 2.75) is 44.6 Å². The van der Waals surface area contributed by atoms with Gasteiger partial charge in [0.05, 0.1) is 7.11 Å². The zero-order chi connectivity index (χ0) is 14.8. The van der Waals surface area contributed by atoms with Gasteiger partial charge in [0.25, 0.3) is 0 Å². The van der Waals surface area contributed by atoms with Gasteiger partial charge >= 0.3 is 0 Å². The van der Waals surface area contributed by atoms with E-state index in [1.54, 1.807) is 12.7 Å². The van der Waals surface area contributed by atoms with Gasteiger partial charge in [0, 0.05) is 18.2 Å². The molecule has 2 unspecified atom stereocenters. The van der Waals surface area contributed by atoms with Crippen molar-refractivity contribution in [3.05, 3.63) is 28.8 Å². The van der Waals surface area contributed by atoms with E-state index in [9.17, 15) is 0 Å². The van der Waals surface area contributed by atoms with Crippen LogP contribution in [0.5, 0.6) is 5.75 Å². The molecule has 0 aromatic heterocycles. The zero-order valence-electron chi connectivity index (χ0n) is 13.4. The number of benzene rings is 1. The number of likely N-dealkylation sites (tertiary alicyclic amines) is 1. The first-order valence-electron chi connectivity index (χ1n) is 8.33. The number of ether oxygens (including phenoxy) is 1. The Hall–Kier alpha value is -1.06. The minimum absolute atomic E-state index is 0.460. The van der Waals surface area contributed by atoms with E-state index in [-0.39, 0.29) is 0 Å². The van der Waals surface area contributed by atoms with Gasteiger partial charge in [0.1, 0.15) is 5.75 Å². The van der Waals surface area contributed by atoms with Crippen LogP contribution < -0.4 is 10.5 Å². The lowest BCUT2D eigenvalue weighted by atomic mass is 9.93. The SMILES string of the molecule is COc1cc2c(cc1C1CC(CN)CN1C)CCCCC2. The molecule has 2 N–H and O–H groups in total. The third-order valence-electron chi connectivity index (χ3n) is 5.27. The van der Waals surface area contributed by atoms with E-state index < -0.39 is 0 Å². The van der Waals surface area contributed by atoms with Gasteiger partial charge in [-0.3, -0.25) is 4.90 Å². The monoisotopic (exact) mass is 288 g/mol. The molecule has 2 atom stereocenters. The summed E-state index contributed by atoms with van der Waals surface area (Å²) in [6, 6.07) is 5.20. The second-order valence-corrected chi connectivity index (χ2v) is 6.72. The summed E-state index contributed by atoms with van der Waals surface area (Å²) < 4.78 is 5.72. The van der Waals surface area contributed by atoms with E-state index in [1.807, 2.05) is 0 Å². The Morgan fingerprint density at radius 2 is 1.90 bits per heavy atom. The fraction of sp³-hybridized carbons (Fsp3) is 0.667. The zero-order valence-corrected chi connectivity index (χ0v) is 13.4. The van der Waals surface area contributed by atoms with Crippen molar-refractivity contribution < 1.29 is 4.74 Å². The number of hydrogen-bond acceptors (Lipinski definition) is 3. The lowest BCUT2D eigenvalue weighted by molar-refractivity contribution is 0.302. The summed E-state index contributed by atoms with van der Waals surface area (Å²) in [5, 5.41) is 0. The second kappa shape index (κ2) is 6.37. The normalized spacial score (nSPS) is 26.4. The molecule has 1 aromatic rings. The van der Waals surface area contributed by atoms with Crippen molar-refractivity contribution in [3.63, 3.8) is 0 Å². The Morgan fingerprint density at radius 3 is 2.52 bits per heavy atom. The predicted molar refractivity (Wildman–Crippen MR) is 86.8 cm³/mol. The minimum atomic E-state index is 0.460. The van der Waals surface area contributed by atoms with Gasteiger partial charge in [-0.15, -0.1) is 0 Å². The van der Waals surface area contributed by atoms with E-state index in [1.165, 1.54) is 43.2 Å². The van der Waals surface area contributed by atoms with Crippen LogP contribution in [-0.2, 0) is 12.8 Å². The minimum Gasteiger partial charge on any atom is -0.496 e. The van der Waals surface area contributed by atoms with E-state index >= 15 is 0 Å². The maximum absolute atomic E-state index is 5.88. The van der Waals surface area contributed by atoms with Crippen LogP contribution in [0.4, 0.5) is 0 Å². The van der Waals surface area contributed by atoms with Crippen LogP contribution in [0.15, 0.2) is 12.1 Å². The summed E-state index contributed by atoms with van der Waals surface area (Å²) in [6.45, 7) is 1.88.